The second kappa shape index (κ2) is 5.97. The highest BCUT2D eigenvalue weighted by atomic mass is 16.1. The van der Waals surface area contributed by atoms with Gasteiger partial charge < -0.3 is 4.57 Å². The maximum absolute atomic E-state index is 12.8. The highest BCUT2D eigenvalue weighted by Gasteiger charge is 2.22. The first kappa shape index (κ1) is 13.6. The molecule has 0 unspecified atom stereocenters. The zero-order chi connectivity index (χ0) is 14.7. The number of rotatable bonds is 3. The van der Waals surface area contributed by atoms with Crippen molar-refractivity contribution in [2.45, 2.75) is 38.1 Å². The molecule has 3 heteroatoms. The summed E-state index contributed by atoms with van der Waals surface area (Å²) in [7, 11) is 0. The summed E-state index contributed by atoms with van der Waals surface area (Å²) < 4.78 is 1.93. The first-order chi connectivity index (χ1) is 10.3. The van der Waals surface area contributed by atoms with Crippen LogP contribution in [0.4, 0.5) is 0 Å². The van der Waals surface area contributed by atoms with Crippen LogP contribution in [0.5, 0.6) is 0 Å². The summed E-state index contributed by atoms with van der Waals surface area (Å²) in [5, 5.41) is 8.89. The number of hydrogen-bond acceptors (Lipinski definition) is 2. The summed E-state index contributed by atoms with van der Waals surface area (Å²) >= 11 is 0. The fourth-order valence-corrected chi connectivity index (χ4v) is 3.18. The molecule has 0 radical (unpaired) electrons. The Balaban J connectivity index is 2.18. The van der Waals surface area contributed by atoms with Gasteiger partial charge in [0.05, 0.1) is 18.2 Å². The largest absolute Gasteiger partial charge is 0.305 e. The van der Waals surface area contributed by atoms with Crippen molar-refractivity contribution >= 4 is 0 Å². The van der Waals surface area contributed by atoms with Crippen LogP contribution in [0, 0.1) is 11.3 Å². The molecule has 0 N–H and O–H groups in total. The fraction of sp³-hybridized carbons (Fsp3) is 0.333. The normalized spacial score (nSPS) is 15.0. The van der Waals surface area contributed by atoms with Crippen LogP contribution < -0.4 is 5.56 Å². The lowest BCUT2D eigenvalue weighted by Gasteiger charge is -2.20. The van der Waals surface area contributed by atoms with E-state index >= 15 is 0 Å². The minimum Gasteiger partial charge on any atom is -0.305 e. The van der Waals surface area contributed by atoms with Crippen molar-refractivity contribution < 1.29 is 0 Å². The molecule has 0 bridgehead atoms. The van der Waals surface area contributed by atoms with Crippen molar-refractivity contribution in [3.63, 3.8) is 0 Å². The van der Waals surface area contributed by atoms with E-state index in [9.17, 15) is 4.79 Å². The highest BCUT2D eigenvalue weighted by Crippen LogP contribution is 2.32. The number of hydrogen-bond donors (Lipinski definition) is 0. The molecule has 106 valence electrons. The van der Waals surface area contributed by atoms with Crippen molar-refractivity contribution in [3.8, 4) is 17.3 Å². The predicted molar refractivity (Wildman–Crippen MR) is 83.0 cm³/mol. The van der Waals surface area contributed by atoms with Crippen LogP contribution in [0.1, 0.15) is 37.3 Å². The van der Waals surface area contributed by atoms with Gasteiger partial charge in [-0.2, -0.15) is 5.26 Å². The topological polar surface area (TPSA) is 45.8 Å². The second-order valence-electron chi connectivity index (χ2n) is 5.56. The molecule has 3 nitrogen and oxygen atoms in total. The first-order valence-corrected chi connectivity index (χ1v) is 7.48. The summed E-state index contributed by atoms with van der Waals surface area (Å²) in [6.45, 7) is 0. The molecule has 1 heterocycles. The summed E-state index contributed by atoms with van der Waals surface area (Å²) in [5.74, 6) is 0. The lowest BCUT2D eigenvalue weighted by molar-refractivity contribution is 0.505. The van der Waals surface area contributed by atoms with Crippen LogP contribution in [0.15, 0.2) is 47.3 Å². The van der Waals surface area contributed by atoms with E-state index in [-0.39, 0.29) is 18.0 Å². The zero-order valence-electron chi connectivity index (χ0n) is 12.0. The molecular weight excluding hydrogens is 260 g/mol. The number of nitriles is 1. The number of aromatic nitrogens is 1. The van der Waals surface area contributed by atoms with E-state index in [4.69, 9.17) is 5.26 Å². The Morgan fingerprint density at radius 2 is 1.81 bits per heavy atom. The molecule has 3 rings (SSSR count). The Bertz CT molecular complexity index is 719. The van der Waals surface area contributed by atoms with Gasteiger partial charge in [0.15, 0.2) is 0 Å². The standard InChI is InChI=1S/C18H18N2O/c19-13-12-15-10-11-17(14-6-2-1-3-7-14)20(18(15)21)16-8-4-5-9-16/h1-3,6-7,10-11,16H,4-5,8-9,12H2. The van der Waals surface area contributed by atoms with Crippen molar-refractivity contribution in [2.75, 3.05) is 0 Å². The predicted octanol–water partition coefficient (Wildman–Crippen LogP) is 3.70. The summed E-state index contributed by atoms with van der Waals surface area (Å²) in [6, 6.07) is 16.2. The molecule has 1 aliphatic carbocycles. The van der Waals surface area contributed by atoms with E-state index in [0.29, 0.717) is 5.56 Å². The molecule has 2 aromatic rings. The van der Waals surface area contributed by atoms with Crippen LogP contribution >= 0.6 is 0 Å². The molecule has 1 aromatic heterocycles. The third-order valence-corrected chi connectivity index (χ3v) is 4.22. The van der Waals surface area contributed by atoms with Gasteiger partial charge in [-0.15, -0.1) is 0 Å². The van der Waals surface area contributed by atoms with E-state index in [1.807, 2.05) is 41.0 Å². The highest BCUT2D eigenvalue weighted by molar-refractivity contribution is 5.60. The number of pyridine rings is 1. The van der Waals surface area contributed by atoms with E-state index in [0.717, 1.165) is 24.1 Å². The van der Waals surface area contributed by atoms with Crippen LogP contribution in [-0.2, 0) is 6.42 Å². The lowest BCUT2D eigenvalue weighted by Crippen LogP contribution is -2.27. The average molecular weight is 278 g/mol. The van der Waals surface area contributed by atoms with Crippen LogP contribution in [0.2, 0.25) is 0 Å². The van der Waals surface area contributed by atoms with E-state index < -0.39 is 0 Å². The molecule has 1 aliphatic rings. The van der Waals surface area contributed by atoms with Gasteiger partial charge >= 0.3 is 0 Å². The van der Waals surface area contributed by atoms with Crippen LogP contribution in [-0.4, -0.2) is 4.57 Å². The van der Waals surface area contributed by atoms with Crippen molar-refractivity contribution in [2.24, 2.45) is 0 Å². The van der Waals surface area contributed by atoms with Gasteiger partial charge in [0.1, 0.15) is 0 Å². The number of nitrogens with zero attached hydrogens (tertiary/aromatic N) is 2. The van der Waals surface area contributed by atoms with Crippen LogP contribution in [0.3, 0.4) is 0 Å². The average Bonchev–Trinajstić information content (AvgIpc) is 3.04. The smallest absolute Gasteiger partial charge is 0.255 e. The van der Waals surface area contributed by atoms with Gasteiger partial charge in [-0.25, -0.2) is 0 Å². The summed E-state index contributed by atoms with van der Waals surface area (Å²) in [4.78, 5) is 12.8. The zero-order valence-corrected chi connectivity index (χ0v) is 12.0. The molecule has 0 atom stereocenters. The van der Waals surface area contributed by atoms with Crippen molar-refractivity contribution in [3.05, 3.63) is 58.4 Å². The molecule has 21 heavy (non-hydrogen) atoms. The Kier molecular flexibility index (Phi) is 3.87. The van der Waals surface area contributed by atoms with Crippen molar-refractivity contribution in [1.82, 2.24) is 4.57 Å². The quantitative estimate of drug-likeness (QED) is 0.859. The van der Waals surface area contributed by atoms with E-state index in [2.05, 4.69) is 6.07 Å². The van der Waals surface area contributed by atoms with Gasteiger partial charge in [0.25, 0.3) is 5.56 Å². The molecular formula is C18H18N2O. The van der Waals surface area contributed by atoms with Crippen LogP contribution in [0.25, 0.3) is 11.3 Å². The summed E-state index contributed by atoms with van der Waals surface area (Å²) in [6.07, 6.45) is 4.63. The minimum absolute atomic E-state index is 0.00445. The van der Waals surface area contributed by atoms with Gasteiger partial charge in [-0.1, -0.05) is 49.2 Å². The van der Waals surface area contributed by atoms with E-state index in [1.54, 1.807) is 6.07 Å². The monoisotopic (exact) mass is 278 g/mol. The van der Waals surface area contributed by atoms with E-state index in [1.165, 1.54) is 12.8 Å². The summed E-state index contributed by atoms with van der Waals surface area (Å²) in [5.41, 5.74) is 2.63. The van der Waals surface area contributed by atoms with Crippen molar-refractivity contribution in [1.29, 1.82) is 5.26 Å². The molecule has 1 fully saturated rings. The molecule has 0 spiro atoms. The Morgan fingerprint density at radius 3 is 2.48 bits per heavy atom. The maximum atomic E-state index is 12.8. The third kappa shape index (κ3) is 2.62. The molecule has 1 aromatic carbocycles. The minimum atomic E-state index is 0.00445. The first-order valence-electron chi connectivity index (χ1n) is 7.48. The van der Waals surface area contributed by atoms with Gasteiger partial charge in [-0.05, 0) is 24.5 Å². The molecule has 0 aliphatic heterocycles. The molecule has 0 amide bonds. The van der Waals surface area contributed by atoms with Gasteiger partial charge in [-0.3, -0.25) is 4.79 Å². The Hall–Kier alpha value is -2.34. The Morgan fingerprint density at radius 1 is 1.10 bits per heavy atom. The molecule has 1 saturated carbocycles. The van der Waals surface area contributed by atoms with Gasteiger partial charge in [0, 0.05) is 11.6 Å². The fourth-order valence-electron chi connectivity index (χ4n) is 3.18. The number of benzene rings is 1. The molecule has 0 saturated heterocycles. The third-order valence-electron chi connectivity index (χ3n) is 4.22. The van der Waals surface area contributed by atoms with Gasteiger partial charge in [0.2, 0.25) is 0 Å². The Labute approximate surface area is 124 Å². The SMILES string of the molecule is N#CCc1ccc(-c2ccccc2)n(C2CCCC2)c1=O. The maximum Gasteiger partial charge on any atom is 0.255 e. The lowest BCUT2D eigenvalue weighted by atomic mass is 10.1. The second-order valence-corrected chi connectivity index (χ2v) is 5.56.